The second-order valence-corrected chi connectivity index (χ2v) is 6.38. The van der Waals surface area contributed by atoms with Crippen LogP contribution in [0.25, 0.3) is 0 Å². The van der Waals surface area contributed by atoms with Gasteiger partial charge in [0.1, 0.15) is 0 Å². The minimum atomic E-state index is -0.130. The highest BCUT2D eigenvalue weighted by Crippen LogP contribution is 2.34. The summed E-state index contributed by atoms with van der Waals surface area (Å²) in [7, 11) is 1.78. The molecule has 0 saturated carbocycles. The lowest BCUT2D eigenvalue weighted by atomic mass is 10.3. The second kappa shape index (κ2) is 7.59. The summed E-state index contributed by atoms with van der Waals surface area (Å²) in [5.41, 5.74) is 0.695. The van der Waals surface area contributed by atoms with Gasteiger partial charge in [-0.15, -0.1) is 0 Å². The van der Waals surface area contributed by atoms with Crippen molar-refractivity contribution in [3.05, 3.63) is 25.6 Å². The maximum Gasteiger partial charge on any atom is 0.238 e. The first kappa shape index (κ1) is 16.1. The minimum Gasteiger partial charge on any atom is -0.395 e. The lowest BCUT2D eigenvalue weighted by Crippen LogP contribution is -2.32. The number of rotatable bonds is 5. The van der Waals surface area contributed by atoms with Crippen molar-refractivity contribution in [1.29, 1.82) is 0 Å². The van der Waals surface area contributed by atoms with Crippen LogP contribution in [-0.2, 0) is 4.79 Å². The molecule has 0 aliphatic rings. The molecule has 2 N–H and O–H groups in total. The number of aliphatic hydroxyl groups excluding tert-OH is 1. The van der Waals surface area contributed by atoms with Gasteiger partial charge < -0.3 is 10.4 Å². The molecule has 1 rings (SSSR count). The molecule has 1 amide bonds. The molecule has 7 heteroatoms. The van der Waals surface area contributed by atoms with E-state index in [1.165, 1.54) is 0 Å². The molecule has 1 aromatic rings. The van der Waals surface area contributed by atoms with E-state index in [-0.39, 0.29) is 19.1 Å². The highest BCUT2D eigenvalue weighted by Gasteiger charge is 2.12. The summed E-state index contributed by atoms with van der Waals surface area (Å²) in [5, 5.41) is 11.6. The van der Waals surface area contributed by atoms with Crippen LogP contribution in [0.1, 0.15) is 0 Å². The molecule has 0 fully saturated rings. The predicted octanol–water partition coefficient (Wildman–Crippen LogP) is 2.84. The smallest absolute Gasteiger partial charge is 0.238 e. The third-order valence-corrected chi connectivity index (χ3v) is 3.88. The van der Waals surface area contributed by atoms with Gasteiger partial charge in [-0.3, -0.25) is 9.69 Å². The van der Waals surface area contributed by atoms with E-state index in [0.29, 0.717) is 12.2 Å². The number of nitrogens with one attached hydrogen (secondary N) is 1. The summed E-state index contributed by atoms with van der Waals surface area (Å²) in [6.07, 6.45) is 0. The summed E-state index contributed by atoms with van der Waals surface area (Å²) in [6.45, 7) is 0.737. The summed E-state index contributed by atoms with van der Waals surface area (Å²) in [6, 6.07) is 3.72. The van der Waals surface area contributed by atoms with Crippen LogP contribution in [0.4, 0.5) is 5.69 Å². The van der Waals surface area contributed by atoms with Gasteiger partial charge in [0, 0.05) is 20.0 Å². The fourth-order valence-corrected chi connectivity index (χ4v) is 3.79. The molecule has 0 aliphatic heterocycles. The summed E-state index contributed by atoms with van der Waals surface area (Å²) in [4.78, 5) is 13.5. The van der Waals surface area contributed by atoms with Gasteiger partial charge in [-0.05, 0) is 51.0 Å². The Hall–Kier alpha value is 0.0500. The molecule has 0 aliphatic carbocycles. The van der Waals surface area contributed by atoms with E-state index < -0.39 is 0 Å². The van der Waals surface area contributed by atoms with Gasteiger partial charge in [-0.25, -0.2) is 0 Å². The van der Waals surface area contributed by atoms with E-state index >= 15 is 0 Å². The van der Waals surface area contributed by atoms with Crippen LogP contribution in [0.5, 0.6) is 0 Å². The first-order chi connectivity index (χ1) is 8.43. The molecule has 4 nitrogen and oxygen atoms in total. The minimum absolute atomic E-state index is 0.0372. The van der Waals surface area contributed by atoms with Crippen LogP contribution in [0.2, 0.25) is 0 Å². The van der Waals surface area contributed by atoms with Crippen molar-refractivity contribution in [1.82, 2.24) is 4.90 Å². The molecule has 18 heavy (non-hydrogen) atoms. The van der Waals surface area contributed by atoms with Gasteiger partial charge in [0.05, 0.1) is 18.8 Å². The Morgan fingerprint density at radius 1 is 1.33 bits per heavy atom. The Kier molecular flexibility index (Phi) is 6.79. The zero-order valence-corrected chi connectivity index (χ0v) is 14.5. The van der Waals surface area contributed by atoms with E-state index in [2.05, 4.69) is 53.1 Å². The Morgan fingerprint density at radius 2 is 1.89 bits per heavy atom. The lowest BCUT2D eigenvalue weighted by Gasteiger charge is -2.16. The van der Waals surface area contributed by atoms with E-state index in [1.807, 2.05) is 12.1 Å². The maximum atomic E-state index is 11.8. The highest BCUT2D eigenvalue weighted by atomic mass is 79.9. The summed E-state index contributed by atoms with van der Waals surface area (Å²) >= 11 is 10.2. The van der Waals surface area contributed by atoms with Crippen LogP contribution in [0.3, 0.4) is 0 Å². The number of carbonyl (C=O) groups excluding carboxylic acids is 1. The predicted molar refractivity (Wildman–Crippen MR) is 82.8 cm³/mol. The lowest BCUT2D eigenvalue weighted by molar-refractivity contribution is -0.117. The van der Waals surface area contributed by atoms with Gasteiger partial charge in [-0.1, -0.05) is 15.9 Å². The van der Waals surface area contributed by atoms with Gasteiger partial charge in [-0.2, -0.15) is 0 Å². The maximum absolute atomic E-state index is 11.8. The molecule has 1 aromatic carbocycles. The number of hydrogen-bond acceptors (Lipinski definition) is 3. The molecule has 100 valence electrons. The first-order valence-corrected chi connectivity index (χ1v) is 7.55. The molecule has 0 radical (unpaired) electrons. The number of likely N-dealkylation sites (N-methyl/N-ethyl adjacent to an activating group) is 1. The average molecular weight is 445 g/mol. The van der Waals surface area contributed by atoms with Gasteiger partial charge in [0.25, 0.3) is 0 Å². The van der Waals surface area contributed by atoms with E-state index in [1.54, 1.807) is 11.9 Å². The summed E-state index contributed by atoms with van der Waals surface area (Å²) in [5.74, 6) is -0.130. The molecular formula is C11H13Br3N2O2. The number of halogens is 3. The van der Waals surface area contributed by atoms with Crippen molar-refractivity contribution in [2.24, 2.45) is 0 Å². The van der Waals surface area contributed by atoms with Gasteiger partial charge in [0.15, 0.2) is 0 Å². The molecule has 0 unspecified atom stereocenters. The third kappa shape index (κ3) is 4.97. The third-order valence-electron chi connectivity index (χ3n) is 2.17. The second-order valence-electron chi connectivity index (χ2n) is 3.75. The fourth-order valence-electron chi connectivity index (χ4n) is 1.34. The van der Waals surface area contributed by atoms with Crippen molar-refractivity contribution in [2.45, 2.75) is 0 Å². The molecule has 0 atom stereocenters. The highest BCUT2D eigenvalue weighted by molar-refractivity contribution is 9.11. The van der Waals surface area contributed by atoms with Gasteiger partial charge in [0.2, 0.25) is 5.91 Å². The topological polar surface area (TPSA) is 52.6 Å². The first-order valence-electron chi connectivity index (χ1n) is 5.18. The van der Waals surface area contributed by atoms with E-state index in [4.69, 9.17) is 5.11 Å². The van der Waals surface area contributed by atoms with Crippen molar-refractivity contribution < 1.29 is 9.90 Å². The van der Waals surface area contributed by atoms with Crippen LogP contribution in [-0.4, -0.2) is 42.7 Å². The Bertz CT molecular complexity index is 417. The average Bonchev–Trinajstić information content (AvgIpc) is 2.23. The Morgan fingerprint density at radius 3 is 2.39 bits per heavy atom. The van der Waals surface area contributed by atoms with Crippen molar-refractivity contribution >= 4 is 59.4 Å². The molecule has 0 bridgehead atoms. The van der Waals surface area contributed by atoms with Crippen LogP contribution < -0.4 is 5.32 Å². The van der Waals surface area contributed by atoms with Crippen molar-refractivity contribution in [3.8, 4) is 0 Å². The fraction of sp³-hybridized carbons (Fsp3) is 0.364. The molecule has 0 aromatic heterocycles. The van der Waals surface area contributed by atoms with Crippen LogP contribution in [0, 0.1) is 0 Å². The van der Waals surface area contributed by atoms with Gasteiger partial charge >= 0.3 is 0 Å². The van der Waals surface area contributed by atoms with Crippen molar-refractivity contribution in [2.75, 3.05) is 32.1 Å². The van der Waals surface area contributed by atoms with Crippen LogP contribution in [0.15, 0.2) is 25.6 Å². The molecule has 0 spiro atoms. The number of aliphatic hydroxyl groups is 1. The SMILES string of the molecule is CN(CCO)CC(=O)Nc1c(Br)cc(Br)cc1Br. The number of amides is 1. The monoisotopic (exact) mass is 442 g/mol. The van der Waals surface area contributed by atoms with Crippen LogP contribution >= 0.6 is 47.8 Å². The quantitative estimate of drug-likeness (QED) is 0.734. The number of hydrogen-bond donors (Lipinski definition) is 2. The molecule has 0 heterocycles. The summed E-state index contributed by atoms with van der Waals surface area (Å²) < 4.78 is 2.50. The zero-order chi connectivity index (χ0) is 13.7. The largest absolute Gasteiger partial charge is 0.395 e. The normalized spacial score (nSPS) is 10.8. The Balaban J connectivity index is 2.70. The number of benzene rings is 1. The zero-order valence-electron chi connectivity index (χ0n) is 9.71. The van der Waals surface area contributed by atoms with E-state index in [0.717, 1.165) is 13.4 Å². The molecule has 0 saturated heterocycles. The van der Waals surface area contributed by atoms with E-state index in [9.17, 15) is 4.79 Å². The van der Waals surface area contributed by atoms with Crippen molar-refractivity contribution in [3.63, 3.8) is 0 Å². The Labute approximate surface area is 131 Å². The number of anilines is 1. The number of carbonyl (C=O) groups is 1. The standard InChI is InChI=1S/C11H13Br3N2O2/c1-16(2-3-17)6-10(18)15-11-8(13)4-7(12)5-9(11)14/h4-5,17H,2-3,6H2,1H3,(H,15,18). The number of nitrogens with zero attached hydrogens (tertiary/aromatic N) is 1. The molecular weight excluding hydrogens is 432 g/mol.